The first-order valence-corrected chi connectivity index (χ1v) is 7.99. The largest absolute Gasteiger partial charge is 0.455 e. The van der Waals surface area contributed by atoms with Gasteiger partial charge in [-0.1, -0.05) is 18.2 Å². The number of aryl methyl sites for hydroxylation is 1. The molecule has 28 heavy (non-hydrogen) atoms. The third kappa shape index (κ3) is 6.31. The fourth-order valence-corrected chi connectivity index (χ4v) is 2.20. The summed E-state index contributed by atoms with van der Waals surface area (Å²) in [5.41, 5.74) is 1.15. The van der Waals surface area contributed by atoms with Crippen LogP contribution in [0.5, 0.6) is 5.75 Å². The summed E-state index contributed by atoms with van der Waals surface area (Å²) in [6.07, 6.45) is -0.169. The molecule has 0 aliphatic heterocycles. The van der Waals surface area contributed by atoms with Crippen molar-refractivity contribution in [1.29, 1.82) is 0 Å². The molecule has 2 aromatic carbocycles. The van der Waals surface area contributed by atoms with E-state index in [0.29, 0.717) is 11.1 Å². The Labute approximate surface area is 158 Å². The number of ether oxygens (including phenoxy) is 2. The van der Waals surface area contributed by atoms with Crippen LogP contribution in [-0.2, 0) is 20.7 Å². The molecule has 0 saturated heterocycles. The monoisotopic (exact) mass is 394 g/mol. The second kappa shape index (κ2) is 9.40. The van der Waals surface area contributed by atoms with E-state index in [9.17, 15) is 28.5 Å². The van der Waals surface area contributed by atoms with Gasteiger partial charge in [0.25, 0.3) is 11.6 Å². The number of rotatable bonds is 8. The van der Waals surface area contributed by atoms with Gasteiger partial charge in [0.05, 0.1) is 17.0 Å². The molecule has 10 heteroatoms. The Morgan fingerprint density at radius 2 is 1.86 bits per heavy atom. The highest BCUT2D eigenvalue weighted by Crippen LogP contribution is 2.21. The Morgan fingerprint density at radius 3 is 2.46 bits per heavy atom. The maximum atomic E-state index is 12.1. The van der Waals surface area contributed by atoms with Crippen LogP contribution in [0, 0.1) is 17.0 Å². The Hall–Kier alpha value is -3.56. The van der Waals surface area contributed by atoms with Gasteiger partial charge in [-0.3, -0.25) is 19.7 Å². The number of nitro groups is 1. The lowest BCUT2D eigenvalue weighted by Gasteiger charge is -2.09. The average Bonchev–Trinajstić information content (AvgIpc) is 2.63. The van der Waals surface area contributed by atoms with Crippen molar-refractivity contribution in [2.24, 2.45) is 0 Å². The van der Waals surface area contributed by atoms with Crippen LogP contribution < -0.4 is 10.1 Å². The topological polar surface area (TPSA) is 108 Å². The van der Waals surface area contributed by atoms with E-state index in [1.807, 2.05) is 0 Å². The number of alkyl halides is 2. The number of nitro benzene ring substituents is 1. The summed E-state index contributed by atoms with van der Waals surface area (Å²) in [6, 6.07) is 9.41. The summed E-state index contributed by atoms with van der Waals surface area (Å²) in [4.78, 5) is 33.9. The molecule has 0 radical (unpaired) electrons. The maximum Gasteiger partial charge on any atom is 0.387 e. The standard InChI is InChI=1S/C18H16F2N2O6/c1-11-2-5-13(22(25)26)9-15(11)21-16(23)10-27-17(24)8-12-3-6-14(7-4-12)28-18(19)20/h2-7,9,18H,8,10H2,1H3,(H,21,23). The number of benzene rings is 2. The minimum absolute atomic E-state index is 0.0428. The van der Waals surface area contributed by atoms with Gasteiger partial charge in [0.1, 0.15) is 5.75 Å². The Bertz CT molecular complexity index is 871. The van der Waals surface area contributed by atoms with Crippen LogP contribution in [0.2, 0.25) is 0 Å². The van der Waals surface area contributed by atoms with E-state index in [-0.39, 0.29) is 23.5 Å². The lowest BCUT2D eigenvalue weighted by Crippen LogP contribution is -2.22. The number of hydrogen-bond donors (Lipinski definition) is 1. The van der Waals surface area contributed by atoms with Gasteiger partial charge in [-0.2, -0.15) is 8.78 Å². The molecule has 0 saturated carbocycles. The van der Waals surface area contributed by atoms with Gasteiger partial charge in [-0.05, 0) is 30.2 Å². The predicted octanol–water partition coefficient (Wildman–Crippen LogP) is 3.23. The number of halogens is 2. The lowest BCUT2D eigenvalue weighted by molar-refractivity contribution is -0.384. The minimum atomic E-state index is -2.94. The predicted molar refractivity (Wildman–Crippen MR) is 94.2 cm³/mol. The van der Waals surface area contributed by atoms with E-state index in [1.54, 1.807) is 6.92 Å². The molecule has 148 valence electrons. The van der Waals surface area contributed by atoms with Gasteiger partial charge in [-0.15, -0.1) is 0 Å². The van der Waals surface area contributed by atoms with Gasteiger partial charge in [0.15, 0.2) is 6.61 Å². The van der Waals surface area contributed by atoms with Gasteiger partial charge in [0.2, 0.25) is 0 Å². The van der Waals surface area contributed by atoms with Crippen LogP contribution in [0.4, 0.5) is 20.2 Å². The second-order valence-electron chi connectivity index (χ2n) is 5.66. The number of carbonyl (C=O) groups excluding carboxylic acids is 2. The third-order valence-electron chi connectivity index (χ3n) is 3.57. The Balaban J connectivity index is 1.85. The maximum absolute atomic E-state index is 12.1. The molecule has 2 rings (SSSR count). The molecular formula is C18H16F2N2O6. The van der Waals surface area contributed by atoms with Gasteiger partial charge >= 0.3 is 12.6 Å². The van der Waals surface area contributed by atoms with Crippen molar-refractivity contribution in [2.75, 3.05) is 11.9 Å². The number of carbonyl (C=O) groups is 2. The molecule has 0 heterocycles. The van der Waals surface area contributed by atoms with Crippen molar-refractivity contribution in [1.82, 2.24) is 0 Å². The normalized spacial score (nSPS) is 10.4. The molecule has 0 bridgehead atoms. The molecule has 0 aromatic heterocycles. The molecule has 0 spiro atoms. The molecule has 0 aliphatic rings. The smallest absolute Gasteiger partial charge is 0.387 e. The van der Waals surface area contributed by atoms with E-state index in [0.717, 1.165) is 0 Å². The minimum Gasteiger partial charge on any atom is -0.455 e. The first kappa shape index (κ1) is 20.7. The fourth-order valence-electron chi connectivity index (χ4n) is 2.20. The zero-order chi connectivity index (χ0) is 20.7. The van der Waals surface area contributed by atoms with Crippen LogP contribution in [0.15, 0.2) is 42.5 Å². The molecule has 0 atom stereocenters. The van der Waals surface area contributed by atoms with Crippen molar-refractivity contribution in [2.45, 2.75) is 20.0 Å². The zero-order valence-corrected chi connectivity index (χ0v) is 14.7. The Kier molecular flexibility index (Phi) is 6.96. The molecule has 0 aliphatic carbocycles. The molecule has 1 N–H and O–H groups in total. The number of anilines is 1. The number of nitrogens with zero attached hydrogens (tertiary/aromatic N) is 1. The van der Waals surface area contributed by atoms with E-state index < -0.39 is 30.0 Å². The average molecular weight is 394 g/mol. The highest BCUT2D eigenvalue weighted by molar-refractivity contribution is 5.93. The van der Waals surface area contributed by atoms with Crippen LogP contribution in [0.1, 0.15) is 11.1 Å². The summed E-state index contributed by atoms with van der Waals surface area (Å²) in [5, 5.41) is 13.2. The number of non-ortho nitro benzene ring substituents is 1. The summed E-state index contributed by atoms with van der Waals surface area (Å²) < 4.78 is 33.2. The van der Waals surface area contributed by atoms with Crippen LogP contribution >= 0.6 is 0 Å². The summed E-state index contributed by atoms with van der Waals surface area (Å²) >= 11 is 0. The van der Waals surface area contributed by atoms with Crippen LogP contribution in [0.25, 0.3) is 0 Å². The van der Waals surface area contributed by atoms with E-state index in [2.05, 4.69) is 10.1 Å². The molecular weight excluding hydrogens is 378 g/mol. The quantitative estimate of drug-likeness (QED) is 0.418. The van der Waals surface area contributed by atoms with Crippen LogP contribution in [-0.4, -0.2) is 30.0 Å². The summed E-state index contributed by atoms with van der Waals surface area (Å²) in [7, 11) is 0. The molecule has 1 amide bonds. The molecule has 0 fully saturated rings. The van der Waals surface area contributed by atoms with Crippen molar-refractivity contribution >= 4 is 23.3 Å². The molecule has 2 aromatic rings. The molecule has 8 nitrogen and oxygen atoms in total. The van der Waals surface area contributed by atoms with E-state index in [4.69, 9.17) is 4.74 Å². The van der Waals surface area contributed by atoms with Crippen molar-refractivity contribution < 1.29 is 32.8 Å². The van der Waals surface area contributed by atoms with Crippen molar-refractivity contribution in [3.63, 3.8) is 0 Å². The zero-order valence-electron chi connectivity index (χ0n) is 14.7. The van der Waals surface area contributed by atoms with Gasteiger partial charge in [0, 0.05) is 12.1 Å². The highest BCUT2D eigenvalue weighted by atomic mass is 19.3. The number of amides is 1. The number of hydrogen-bond acceptors (Lipinski definition) is 6. The van der Waals surface area contributed by atoms with Crippen molar-refractivity contribution in [3.8, 4) is 5.75 Å². The van der Waals surface area contributed by atoms with Gasteiger partial charge < -0.3 is 14.8 Å². The fraction of sp³-hybridized carbons (Fsp3) is 0.222. The summed E-state index contributed by atoms with van der Waals surface area (Å²) in [6.45, 7) is -1.86. The van der Waals surface area contributed by atoms with Crippen LogP contribution in [0.3, 0.4) is 0 Å². The SMILES string of the molecule is Cc1ccc([N+](=O)[O-])cc1NC(=O)COC(=O)Cc1ccc(OC(F)F)cc1. The lowest BCUT2D eigenvalue weighted by atomic mass is 10.1. The number of esters is 1. The molecule has 0 unspecified atom stereocenters. The second-order valence-corrected chi connectivity index (χ2v) is 5.66. The summed E-state index contributed by atoms with van der Waals surface area (Å²) in [5.74, 6) is -1.40. The van der Waals surface area contributed by atoms with Gasteiger partial charge in [-0.25, -0.2) is 0 Å². The van der Waals surface area contributed by atoms with E-state index in [1.165, 1.54) is 42.5 Å². The van der Waals surface area contributed by atoms with E-state index >= 15 is 0 Å². The Morgan fingerprint density at radius 1 is 1.18 bits per heavy atom. The highest BCUT2D eigenvalue weighted by Gasteiger charge is 2.13. The third-order valence-corrected chi connectivity index (χ3v) is 3.57. The first-order valence-electron chi connectivity index (χ1n) is 7.99. The van der Waals surface area contributed by atoms with Crippen molar-refractivity contribution in [3.05, 3.63) is 63.7 Å². The number of nitrogens with one attached hydrogen (secondary N) is 1. The first-order chi connectivity index (χ1) is 13.2.